The highest BCUT2D eigenvalue weighted by molar-refractivity contribution is 9.09. The van der Waals surface area contributed by atoms with Crippen molar-refractivity contribution in [3.63, 3.8) is 0 Å². The van der Waals surface area contributed by atoms with Gasteiger partial charge in [0.2, 0.25) is 0 Å². The summed E-state index contributed by atoms with van der Waals surface area (Å²) in [5.74, 6) is 0. The molecule has 2 atom stereocenters. The average Bonchev–Trinajstić information content (AvgIpc) is 1.89. The third kappa shape index (κ3) is 1.94. The summed E-state index contributed by atoms with van der Waals surface area (Å²) in [5, 5.41) is 0. The first kappa shape index (κ1) is 7.55. The Kier molecular flexibility index (Phi) is 2.99. The normalized spacial score (nSPS) is 36.7. The van der Waals surface area contributed by atoms with Gasteiger partial charge in [0.25, 0.3) is 0 Å². The first-order chi connectivity index (χ1) is 4.34. The van der Waals surface area contributed by atoms with Gasteiger partial charge in [-0.2, -0.15) is 0 Å². The summed E-state index contributed by atoms with van der Waals surface area (Å²) in [7, 11) is 1.80. The molecule has 0 radical (unpaired) electrons. The summed E-state index contributed by atoms with van der Waals surface area (Å²) in [5.41, 5.74) is 0. The van der Waals surface area contributed by atoms with Gasteiger partial charge in [0.1, 0.15) is 0 Å². The molecule has 1 fully saturated rings. The highest BCUT2D eigenvalue weighted by Gasteiger charge is 2.21. The van der Waals surface area contributed by atoms with Crippen LogP contribution in [0.5, 0.6) is 0 Å². The van der Waals surface area contributed by atoms with E-state index in [-0.39, 0.29) is 0 Å². The summed E-state index contributed by atoms with van der Waals surface area (Å²) >= 11 is 3.59. The Morgan fingerprint density at radius 2 is 2.00 bits per heavy atom. The van der Waals surface area contributed by atoms with Crippen LogP contribution < -0.4 is 0 Å². The standard InChI is InChI=1S/C7H13BrO/c1-9-7-5-3-2-4-6(7)8/h6-7H,2-5H2,1H3/t6-,7-/m1/s1. The van der Waals surface area contributed by atoms with E-state index in [9.17, 15) is 0 Å². The summed E-state index contributed by atoms with van der Waals surface area (Å²) in [6, 6.07) is 0. The number of hydrogen-bond acceptors (Lipinski definition) is 1. The van der Waals surface area contributed by atoms with Crippen molar-refractivity contribution in [2.75, 3.05) is 7.11 Å². The summed E-state index contributed by atoms with van der Waals surface area (Å²) in [6.07, 6.45) is 5.67. The van der Waals surface area contributed by atoms with Crippen molar-refractivity contribution >= 4 is 15.9 Å². The first-order valence-corrected chi connectivity index (χ1v) is 4.43. The molecule has 9 heavy (non-hydrogen) atoms. The molecule has 1 nitrogen and oxygen atoms in total. The van der Waals surface area contributed by atoms with Gasteiger partial charge >= 0.3 is 0 Å². The molecule has 0 saturated heterocycles. The molecule has 0 aromatic carbocycles. The molecule has 1 aliphatic rings. The predicted molar refractivity (Wildman–Crippen MR) is 42.0 cm³/mol. The smallest absolute Gasteiger partial charge is 0.0696 e. The fourth-order valence-corrected chi connectivity index (χ4v) is 2.12. The molecule has 0 heterocycles. The lowest BCUT2D eigenvalue weighted by Crippen LogP contribution is -2.26. The van der Waals surface area contributed by atoms with Gasteiger partial charge < -0.3 is 4.74 Å². The zero-order valence-corrected chi connectivity index (χ0v) is 7.36. The largest absolute Gasteiger partial charge is 0.380 e. The molecule has 1 saturated carbocycles. The van der Waals surface area contributed by atoms with E-state index in [2.05, 4.69) is 15.9 Å². The second-order valence-corrected chi connectivity index (χ2v) is 3.75. The van der Waals surface area contributed by atoms with Crippen molar-refractivity contribution in [2.24, 2.45) is 0 Å². The molecule has 0 aromatic heterocycles. The number of alkyl halides is 1. The Labute approximate surface area is 64.9 Å². The molecule has 2 heteroatoms. The van der Waals surface area contributed by atoms with Gasteiger partial charge in [-0.25, -0.2) is 0 Å². The highest BCUT2D eigenvalue weighted by atomic mass is 79.9. The molecule has 0 bridgehead atoms. The molecule has 0 N–H and O–H groups in total. The van der Waals surface area contributed by atoms with Crippen LogP contribution in [0.25, 0.3) is 0 Å². The van der Waals surface area contributed by atoms with Crippen LogP contribution in [0, 0.1) is 0 Å². The number of ether oxygens (including phenoxy) is 1. The monoisotopic (exact) mass is 192 g/mol. The van der Waals surface area contributed by atoms with Crippen molar-refractivity contribution in [1.82, 2.24) is 0 Å². The Morgan fingerprint density at radius 1 is 1.33 bits per heavy atom. The van der Waals surface area contributed by atoms with Gasteiger partial charge in [0.15, 0.2) is 0 Å². The quantitative estimate of drug-likeness (QED) is 0.580. The van der Waals surface area contributed by atoms with E-state index < -0.39 is 0 Å². The number of methoxy groups -OCH3 is 1. The van der Waals surface area contributed by atoms with Crippen molar-refractivity contribution in [3.8, 4) is 0 Å². The van der Waals surface area contributed by atoms with E-state index in [0.29, 0.717) is 10.9 Å². The van der Waals surface area contributed by atoms with Gasteiger partial charge in [-0.1, -0.05) is 28.8 Å². The van der Waals surface area contributed by atoms with Crippen LogP contribution >= 0.6 is 15.9 Å². The second kappa shape index (κ2) is 3.57. The number of rotatable bonds is 1. The van der Waals surface area contributed by atoms with Crippen LogP contribution in [-0.2, 0) is 4.74 Å². The van der Waals surface area contributed by atoms with Crippen LogP contribution in [0.1, 0.15) is 25.7 Å². The van der Waals surface area contributed by atoms with E-state index in [1.54, 1.807) is 7.11 Å². The lowest BCUT2D eigenvalue weighted by atomic mass is 9.98. The van der Waals surface area contributed by atoms with Crippen molar-refractivity contribution < 1.29 is 4.74 Å². The number of halogens is 1. The Balaban J connectivity index is 2.30. The van der Waals surface area contributed by atoms with Crippen LogP contribution in [0.15, 0.2) is 0 Å². The minimum Gasteiger partial charge on any atom is -0.380 e. The van der Waals surface area contributed by atoms with Crippen LogP contribution in [0.4, 0.5) is 0 Å². The fourth-order valence-electron chi connectivity index (χ4n) is 1.32. The predicted octanol–water partition coefficient (Wildman–Crippen LogP) is 2.34. The third-order valence-corrected chi connectivity index (χ3v) is 2.97. The molecule has 0 spiro atoms. The van der Waals surface area contributed by atoms with Crippen molar-refractivity contribution in [3.05, 3.63) is 0 Å². The second-order valence-electron chi connectivity index (χ2n) is 2.57. The topological polar surface area (TPSA) is 9.23 Å². The lowest BCUT2D eigenvalue weighted by molar-refractivity contribution is 0.0780. The maximum absolute atomic E-state index is 5.26. The maximum Gasteiger partial charge on any atom is 0.0696 e. The molecule has 0 aliphatic heterocycles. The molecule has 1 aliphatic carbocycles. The van der Waals surface area contributed by atoms with E-state index in [1.807, 2.05) is 0 Å². The molecule has 0 amide bonds. The van der Waals surface area contributed by atoms with Crippen molar-refractivity contribution in [2.45, 2.75) is 36.6 Å². The van der Waals surface area contributed by atoms with Crippen LogP contribution in [0.2, 0.25) is 0 Å². The molecule has 0 unspecified atom stereocenters. The minimum absolute atomic E-state index is 0.471. The van der Waals surface area contributed by atoms with E-state index in [4.69, 9.17) is 4.74 Å². The van der Waals surface area contributed by atoms with E-state index in [1.165, 1.54) is 25.7 Å². The van der Waals surface area contributed by atoms with Crippen LogP contribution in [0.3, 0.4) is 0 Å². The SMILES string of the molecule is CO[C@@H]1CCCC[C@H]1Br. The summed E-state index contributed by atoms with van der Waals surface area (Å²) in [6.45, 7) is 0. The average molecular weight is 193 g/mol. The minimum atomic E-state index is 0.471. The third-order valence-electron chi connectivity index (χ3n) is 1.92. The molecule has 0 aromatic rings. The first-order valence-electron chi connectivity index (χ1n) is 3.51. The lowest BCUT2D eigenvalue weighted by Gasteiger charge is -2.25. The van der Waals surface area contributed by atoms with E-state index >= 15 is 0 Å². The Bertz CT molecular complexity index is 85.0. The Morgan fingerprint density at radius 3 is 2.44 bits per heavy atom. The summed E-state index contributed by atoms with van der Waals surface area (Å²) in [4.78, 5) is 0.608. The Hall–Kier alpha value is 0.440. The van der Waals surface area contributed by atoms with Gasteiger partial charge in [-0.05, 0) is 12.8 Å². The molecule has 1 rings (SSSR count). The fraction of sp³-hybridized carbons (Fsp3) is 1.00. The molecular weight excluding hydrogens is 180 g/mol. The van der Waals surface area contributed by atoms with Gasteiger partial charge in [-0.15, -0.1) is 0 Å². The maximum atomic E-state index is 5.26. The number of hydrogen-bond donors (Lipinski definition) is 0. The zero-order chi connectivity index (χ0) is 6.69. The molecular formula is C7H13BrO. The highest BCUT2D eigenvalue weighted by Crippen LogP contribution is 2.25. The molecule has 54 valence electrons. The zero-order valence-electron chi connectivity index (χ0n) is 5.77. The summed E-state index contributed by atoms with van der Waals surface area (Å²) < 4.78 is 5.26. The van der Waals surface area contributed by atoms with Gasteiger partial charge in [0, 0.05) is 11.9 Å². The van der Waals surface area contributed by atoms with Crippen molar-refractivity contribution in [1.29, 1.82) is 0 Å². The van der Waals surface area contributed by atoms with Crippen LogP contribution in [-0.4, -0.2) is 18.0 Å². The van der Waals surface area contributed by atoms with E-state index in [0.717, 1.165) is 0 Å². The van der Waals surface area contributed by atoms with Gasteiger partial charge in [-0.3, -0.25) is 0 Å². The van der Waals surface area contributed by atoms with Gasteiger partial charge in [0.05, 0.1) is 6.10 Å².